The summed E-state index contributed by atoms with van der Waals surface area (Å²) in [5, 5.41) is 2.18. The average Bonchev–Trinajstić information content (AvgIpc) is 3.29. The van der Waals surface area contributed by atoms with Crippen molar-refractivity contribution >= 4 is 30.5 Å². The van der Waals surface area contributed by atoms with Crippen LogP contribution in [0.1, 0.15) is 27.2 Å². The predicted molar refractivity (Wildman–Crippen MR) is 153 cm³/mol. The van der Waals surface area contributed by atoms with E-state index >= 15 is 0 Å². The maximum absolute atomic E-state index is 13.2. The lowest BCUT2D eigenvalue weighted by molar-refractivity contribution is -0.215. The number of hydrogen-bond acceptors (Lipinski definition) is 6. The van der Waals surface area contributed by atoms with Crippen molar-refractivity contribution < 1.29 is 28.2 Å². The Kier molecular flexibility index (Phi) is 7.82. The molecule has 0 aliphatic carbocycles. The van der Waals surface area contributed by atoms with Gasteiger partial charge in [-0.3, -0.25) is 4.90 Å². The van der Waals surface area contributed by atoms with Gasteiger partial charge in [0, 0.05) is 19.2 Å². The highest BCUT2D eigenvalue weighted by molar-refractivity contribution is 6.99. The van der Waals surface area contributed by atoms with Crippen LogP contribution < -0.4 is 20.0 Å². The molecule has 0 aromatic heterocycles. The van der Waals surface area contributed by atoms with E-state index in [2.05, 4.69) is 69.3 Å². The number of methoxy groups -OCH3 is 2. The molecule has 5 rings (SSSR count). The first kappa shape index (κ1) is 27.4. The van der Waals surface area contributed by atoms with Crippen molar-refractivity contribution in [1.82, 2.24) is 0 Å². The summed E-state index contributed by atoms with van der Waals surface area (Å²) in [7, 11) is 0.437. The molecule has 0 N–H and O–H groups in total. The lowest BCUT2D eigenvalue weighted by Crippen LogP contribution is -2.67. The van der Waals surface area contributed by atoms with Crippen molar-refractivity contribution in [2.45, 2.75) is 56.8 Å². The standard InChI is InChI=1S/C31H37NO6Si/c1-31(2,3)39(24-12-8-6-9-13-24,25-14-10-7-11-15-25)36-21-27-29-26(20-28(35-5)37-27)32(30(33)38-29)22-16-18-23(34-4)19-17-22/h6-19,26-29H,20-21H2,1-5H3/t26-,27+,28-,29-/m0/s1. The Morgan fingerprint density at radius 1 is 0.897 bits per heavy atom. The molecule has 39 heavy (non-hydrogen) atoms. The minimum absolute atomic E-state index is 0.189. The highest BCUT2D eigenvalue weighted by Crippen LogP contribution is 2.40. The minimum atomic E-state index is -2.81. The molecule has 8 heteroatoms. The van der Waals surface area contributed by atoms with Crippen LogP contribution in [0.4, 0.5) is 10.5 Å². The fraction of sp³-hybridized carbons (Fsp3) is 0.387. The number of ether oxygens (including phenoxy) is 4. The van der Waals surface area contributed by atoms with Crippen LogP contribution in [0.2, 0.25) is 5.04 Å². The topological polar surface area (TPSA) is 66.5 Å². The van der Waals surface area contributed by atoms with Crippen LogP contribution >= 0.6 is 0 Å². The van der Waals surface area contributed by atoms with E-state index < -0.39 is 32.9 Å². The molecule has 0 radical (unpaired) electrons. The maximum Gasteiger partial charge on any atom is 0.415 e. The van der Waals surface area contributed by atoms with Gasteiger partial charge in [-0.25, -0.2) is 4.79 Å². The van der Waals surface area contributed by atoms with Gasteiger partial charge in [0.15, 0.2) is 12.4 Å². The number of rotatable bonds is 8. The van der Waals surface area contributed by atoms with Gasteiger partial charge in [0.05, 0.1) is 19.8 Å². The maximum atomic E-state index is 13.2. The molecule has 1 amide bonds. The predicted octanol–water partition coefficient (Wildman–Crippen LogP) is 4.73. The number of benzene rings is 3. The molecule has 2 heterocycles. The number of amides is 1. The normalized spacial score (nSPS) is 23.3. The molecule has 2 fully saturated rings. The summed E-state index contributed by atoms with van der Waals surface area (Å²) in [6, 6.07) is 28.1. The van der Waals surface area contributed by atoms with Crippen molar-refractivity contribution in [3.63, 3.8) is 0 Å². The van der Waals surface area contributed by atoms with Gasteiger partial charge in [0.1, 0.15) is 11.9 Å². The largest absolute Gasteiger partial charge is 0.497 e. The smallest absolute Gasteiger partial charge is 0.415 e. The summed E-state index contributed by atoms with van der Waals surface area (Å²) in [4.78, 5) is 14.9. The van der Waals surface area contributed by atoms with Gasteiger partial charge in [-0.1, -0.05) is 81.4 Å². The molecule has 0 spiro atoms. The molecule has 2 aliphatic rings. The van der Waals surface area contributed by atoms with Crippen molar-refractivity contribution in [2.75, 3.05) is 25.7 Å². The van der Waals surface area contributed by atoms with Crippen molar-refractivity contribution in [1.29, 1.82) is 0 Å². The monoisotopic (exact) mass is 547 g/mol. The molecule has 0 saturated carbocycles. The molecule has 206 valence electrons. The van der Waals surface area contributed by atoms with Gasteiger partial charge >= 0.3 is 6.09 Å². The summed E-state index contributed by atoms with van der Waals surface area (Å²) < 4.78 is 30.4. The molecule has 3 aromatic rings. The van der Waals surface area contributed by atoms with E-state index in [1.165, 1.54) is 10.4 Å². The van der Waals surface area contributed by atoms with Crippen molar-refractivity contribution in [2.24, 2.45) is 0 Å². The van der Waals surface area contributed by atoms with E-state index in [0.29, 0.717) is 6.42 Å². The number of anilines is 1. The highest BCUT2D eigenvalue weighted by atomic mass is 28.4. The minimum Gasteiger partial charge on any atom is -0.497 e. The summed E-state index contributed by atoms with van der Waals surface area (Å²) in [5.74, 6) is 0.723. The lowest BCUT2D eigenvalue weighted by atomic mass is 9.98. The lowest BCUT2D eigenvalue weighted by Gasteiger charge is -2.45. The molecule has 2 aliphatic heterocycles. The number of carbonyl (C=O) groups is 1. The highest BCUT2D eigenvalue weighted by Gasteiger charge is 2.55. The Balaban J connectivity index is 1.48. The summed E-state index contributed by atoms with van der Waals surface area (Å²) >= 11 is 0. The Labute approximate surface area is 231 Å². The van der Waals surface area contributed by atoms with Gasteiger partial charge in [-0.05, 0) is 39.7 Å². The zero-order valence-electron chi connectivity index (χ0n) is 23.2. The SMILES string of the molecule is COc1ccc(N2C(=O)O[C@@H]3[C@@H](CO[Si](c4ccccc4)(c4ccccc4)C(C)(C)C)O[C@H](OC)C[C@@H]32)cc1. The fourth-order valence-corrected chi connectivity index (χ4v) is 10.5. The van der Waals surface area contributed by atoms with Crippen molar-refractivity contribution in [3.8, 4) is 5.75 Å². The second-order valence-corrected chi connectivity index (χ2v) is 15.3. The summed E-state index contributed by atoms with van der Waals surface area (Å²) in [5.41, 5.74) is 0.747. The molecular formula is C31H37NO6Si. The zero-order chi connectivity index (χ0) is 27.6. The second kappa shape index (κ2) is 11.1. The first-order chi connectivity index (χ1) is 18.8. The Hall–Kier alpha value is -3.17. The van der Waals surface area contributed by atoms with Crippen LogP contribution in [0.25, 0.3) is 0 Å². The number of fused-ring (bicyclic) bond motifs is 1. The third-order valence-electron chi connectivity index (χ3n) is 7.77. The quantitative estimate of drug-likeness (QED) is 0.380. The second-order valence-electron chi connectivity index (χ2n) is 11.0. The van der Waals surface area contributed by atoms with Gasteiger partial charge < -0.3 is 23.4 Å². The summed E-state index contributed by atoms with van der Waals surface area (Å²) in [6.07, 6.45) is -1.39. The molecule has 2 saturated heterocycles. The first-order valence-corrected chi connectivity index (χ1v) is 15.3. The molecule has 7 nitrogen and oxygen atoms in total. The van der Waals surface area contributed by atoms with Gasteiger partial charge in [0.25, 0.3) is 8.32 Å². The van der Waals surface area contributed by atoms with Crippen LogP contribution in [0.3, 0.4) is 0 Å². The van der Waals surface area contributed by atoms with Gasteiger partial charge in [-0.2, -0.15) is 0 Å². The van der Waals surface area contributed by atoms with E-state index in [-0.39, 0.29) is 17.7 Å². The third-order valence-corrected chi connectivity index (χ3v) is 12.8. The number of nitrogens with zero attached hydrogens (tertiary/aromatic N) is 1. The van der Waals surface area contributed by atoms with Crippen LogP contribution in [-0.4, -0.2) is 59.8 Å². The zero-order valence-corrected chi connectivity index (χ0v) is 24.2. The first-order valence-electron chi connectivity index (χ1n) is 13.4. The average molecular weight is 548 g/mol. The van der Waals surface area contributed by atoms with E-state index in [1.54, 1.807) is 19.1 Å². The number of hydrogen-bond donors (Lipinski definition) is 0. The van der Waals surface area contributed by atoms with Gasteiger partial charge in [0.2, 0.25) is 0 Å². The van der Waals surface area contributed by atoms with Crippen LogP contribution in [-0.2, 0) is 18.6 Å². The van der Waals surface area contributed by atoms with Crippen LogP contribution in [0.15, 0.2) is 84.9 Å². The van der Waals surface area contributed by atoms with E-state index in [9.17, 15) is 4.79 Å². The molecule has 0 unspecified atom stereocenters. The Bertz CT molecular complexity index is 1210. The Morgan fingerprint density at radius 3 is 2.00 bits per heavy atom. The fourth-order valence-electron chi connectivity index (χ4n) is 5.92. The molecule has 0 bridgehead atoms. The number of carbonyl (C=O) groups excluding carboxylic acids is 1. The molecule has 3 aromatic carbocycles. The molecular weight excluding hydrogens is 510 g/mol. The van der Waals surface area contributed by atoms with Crippen molar-refractivity contribution in [3.05, 3.63) is 84.9 Å². The van der Waals surface area contributed by atoms with Gasteiger partial charge in [-0.15, -0.1) is 0 Å². The van der Waals surface area contributed by atoms with E-state index in [4.69, 9.17) is 23.4 Å². The Morgan fingerprint density at radius 2 is 1.49 bits per heavy atom. The van der Waals surface area contributed by atoms with E-state index in [1.807, 2.05) is 36.4 Å². The molecule has 4 atom stereocenters. The third kappa shape index (κ3) is 5.09. The van der Waals surface area contributed by atoms with Crippen LogP contribution in [0, 0.1) is 0 Å². The van der Waals surface area contributed by atoms with Crippen LogP contribution in [0.5, 0.6) is 5.75 Å². The van der Waals surface area contributed by atoms with E-state index in [0.717, 1.165) is 11.4 Å². The summed E-state index contributed by atoms with van der Waals surface area (Å²) in [6.45, 7) is 6.98.